The third-order valence-corrected chi connectivity index (χ3v) is 3.97. The van der Waals surface area contributed by atoms with E-state index in [1.54, 1.807) is 12.1 Å². The summed E-state index contributed by atoms with van der Waals surface area (Å²) in [7, 11) is 0. The number of nitrogens with zero attached hydrogens (tertiary/aromatic N) is 1. The molecular weight excluding hydrogens is 350 g/mol. The first-order chi connectivity index (χ1) is 12.9. The van der Waals surface area contributed by atoms with Gasteiger partial charge in [0.1, 0.15) is 18.9 Å². The van der Waals surface area contributed by atoms with Crippen LogP contribution in [-0.2, 0) is 6.54 Å². The van der Waals surface area contributed by atoms with E-state index in [0.29, 0.717) is 36.9 Å². The average Bonchev–Trinajstić information content (AvgIpc) is 2.65. The van der Waals surface area contributed by atoms with Crippen molar-refractivity contribution in [3.05, 3.63) is 57.6 Å². The van der Waals surface area contributed by atoms with Crippen LogP contribution in [0.4, 0.5) is 11.4 Å². The Kier molecular flexibility index (Phi) is 5.44. The predicted molar refractivity (Wildman–Crippen MR) is 100 cm³/mol. The summed E-state index contributed by atoms with van der Waals surface area (Å²) in [5.41, 5.74) is 1.34. The summed E-state index contributed by atoms with van der Waals surface area (Å²) in [5, 5.41) is 17.2. The highest BCUT2D eigenvalue weighted by Gasteiger charge is 2.18. The van der Waals surface area contributed by atoms with Crippen LogP contribution >= 0.6 is 0 Å². The fourth-order valence-electron chi connectivity index (χ4n) is 2.71. The molecule has 8 nitrogen and oxygen atoms in total. The maximum Gasteiger partial charge on any atom is 0.293 e. The molecule has 0 radical (unpaired) electrons. The van der Waals surface area contributed by atoms with Gasteiger partial charge in [0, 0.05) is 24.2 Å². The number of nitro benzene ring substituents is 1. The molecular formula is C19H21N3O5. The number of nitrogens with one attached hydrogen (secondary N) is 2. The lowest BCUT2D eigenvalue weighted by Crippen LogP contribution is -2.30. The Morgan fingerprint density at radius 3 is 2.59 bits per heavy atom. The Hall–Kier alpha value is -3.29. The summed E-state index contributed by atoms with van der Waals surface area (Å²) in [5.74, 6) is 1.01. The minimum Gasteiger partial charge on any atom is -0.486 e. The summed E-state index contributed by atoms with van der Waals surface area (Å²) in [6, 6.07) is 9.88. The lowest BCUT2D eigenvalue weighted by molar-refractivity contribution is -0.384. The van der Waals surface area contributed by atoms with Crippen molar-refractivity contribution in [1.29, 1.82) is 0 Å². The third-order valence-electron chi connectivity index (χ3n) is 3.97. The van der Waals surface area contributed by atoms with E-state index < -0.39 is 4.92 Å². The number of carbonyl (C=O) groups excluding carboxylic acids is 1. The Bertz CT molecular complexity index is 866. The second-order valence-corrected chi connectivity index (χ2v) is 6.45. The first-order valence-electron chi connectivity index (χ1n) is 8.66. The molecule has 0 spiro atoms. The van der Waals surface area contributed by atoms with Crippen molar-refractivity contribution in [3.63, 3.8) is 0 Å². The molecule has 0 aromatic heterocycles. The zero-order valence-electron chi connectivity index (χ0n) is 15.2. The first-order valence-corrected chi connectivity index (χ1v) is 8.66. The van der Waals surface area contributed by atoms with Gasteiger partial charge in [0.05, 0.1) is 4.92 Å². The number of carbonyl (C=O) groups is 1. The summed E-state index contributed by atoms with van der Waals surface area (Å²) >= 11 is 0. The van der Waals surface area contributed by atoms with Gasteiger partial charge in [0.25, 0.3) is 11.6 Å². The molecule has 0 saturated heterocycles. The highest BCUT2D eigenvalue weighted by Crippen LogP contribution is 2.31. The van der Waals surface area contributed by atoms with E-state index in [2.05, 4.69) is 10.6 Å². The van der Waals surface area contributed by atoms with Crippen molar-refractivity contribution in [1.82, 2.24) is 5.32 Å². The minimum atomic E-state index is -0.502. The number of nitro groups is 1. The molecule has 0 atom stereocenters. The van der Waals surface area contributed by atoms with Crippen molar-refractivity contribution >= 4 is 17.3 Å². The summed E-state index contributed by atoms with van der Waals surface area (Å²) in [4.78, 5) is 23.0. The molecule has 0 unspecified atom stereocenters. The van der Waals surface area contributed by atoms with E-state index >= 15 is 0 Å². The molecule has 1 amide bonds. The Labute approximate surface area is 156 Å². The molecule has 1 heterocycles. The largest absolute Gasteiger partial charge is 0.486 e. The number of ether oxygens (including phenoxy) is 2. The molecule has 2 aromatic carbocycles. The van der Waals surface area contributed by atoms with Crippen LogP contribution in [-0.4, -0.2) is 30.1 Å². The monoisotopic (exact) mass is 371 g/mol. The first kappa shape index (κ1) is 18.5. The Morgan fingerprint density at radius 2 is 1.89 bits per heavy atom. The van der Waals surface area contributed by atoms with E-state index in [4.69, 9.17) is 9.47 Å². The molecule has 2 N–H and O–H groups in total. The maximum absolute atomic E-state index is 12.1. The summed E-state index contributed by atoms with van der Waals surface area (Å²) in [6.07, 6.45) is 0. The van der Waals surface area contributed by atoms with Crippen molar-refractivity contribution in [2.75, 3.05) is 18.5 Å². The molecule has 2 aromatic rings. The Morgan fingerprint density at radius 1 is 1.15 bits per heavy atom. The van der Waals surface area contributed by atoms with Crippen molar-refractivity contribution in [2.45, 2.75) is 26.4 Å². The zero-order valence-corrected chi connectivity index (χ0v) is 15.2. The third kappa shape index (κ3) is 4.46. The molecule has 3 rings (SSSR count). The van der Waals surface area contributed by atoms with Crippen LogP contribution in [0.1, 0.15) is 29.8 Å². The number of rotatable bonds is 6. The van der Waals surface area contributed by atoms with Crippen molar-refractivity contribution in [2.24, 2.45) is 0 Å². The quantitative estimate of drug-likeness (QED) is 0.597. The second-order valence-electron chi connectivity index (χ2n) is 6.45. The molecule has 1 aliphatic rings. The highest BCUT2D eigenvalue weighted by molar-refractivity contribution is 5.95. The van der Waals surface area contributed by atoms with Crippen LogP contribution < -0.4 is 20.1 Å². The maximum atomic E-state index is 12.1. The van der Waals surface area contributed by atoms with Gasteiger partial charge >= 0.3 is 0 Å². The normalized spacial score (nSPS) is 12.6. The van der Waals surface area contributed by atoms with E-state index in [1.165, 1.54) is 6.07 Å². The van der Waals surface area contributed by atoms with Crippen LogP contribution in [0, 0.1) is 10.1 Å². The highest BCUT2D eigenvalue weighted by atomic mass is 16.6. The van der Waals surface area contributed by atoms with Gasteiger partial charge < -0.3 is 20.1 Å². The van der Waals surface area contributed by atoms with Gasteiger partial charge in [-0.05, 0) is 43.7 Å². The van der Waals surface area contributed by atoms with Gasteiger partial charge in [-0.15, -0.1) is 0 Å². The standard InChI is InChI=1S/C19H21N3O5/c1-12(2)21-19(23)14-4-5-15(16(10-14)22(24)25)20-11-13-3-6-17-18(9-13)27-8-7-26-17/h3-6,9-10,12,20H,7-8,11H2,1-2H3,(H,21,23). The fraction of sp³-hybridized carbons (Fsp3) is 0.316. The van der Waals surface area contributed by atoms with Crippen molar-refractivity contribution in [3.8, 4) is 11.5 Å². The number of benzene rings is 2. The summed E-state index contributed by atoms with van der Waals surface area (Å²) in [6.45, 7) is 5.04. The topological polar surface area (TPSA) is 103 Å². The van der Waals surface area contributed by atoms with Gasteiger partial charge in [-0.2, -0.15) is 0 Å². The second kappa shape index (κ2) is 7.94. The number of hydrogen-bond acceptors (Lipinski definition) is 6. The molecule has 0 aliphatic carbocycles. The van der Waals surface area contributed by atoms with Crippen LogP contribution in [0.25, 0.3) is 0 Å². The number of amides is 1. The molecule has 0 saturated carbocycles. The number of anilines is 1. The summed E-state index contributed by atoms with van der Waals surface area (Å²) < 4.78 is 11.0. The van der Waals surface area contributed by atoms with Crippen LogP contribution in [0.3, 0.4) is 0 Å². The predicted octanol–water partition coefficient (Wildman–Crippen LogP) is 3.12. The smallest absolute Gasteiger partial charge is 0.293 e. The van der Waals surface area contributed by atoms with Crippen molar-refractivity contribution < 1.29 is 19.2 Å². The molecule has 1 aliphatic heterocycles. The fourth-order valence-corrected chi connectivity index (χ4v) is 2.71. The van der Waals surface area contributed by atoms with Gasteiger partial charge in [-0.1, -0.05) is 6.07 Å². The zero-order chi connectivity index (χ0) is 19.4. The molecule has 8 heteroatoms. The van der Waals surface area contributed by atoms with E-state index in [-0.39, 0.29) is 23.2 Å². The number of hydrogen-bond donors (Lipinski definition) is 2. The van der Waals surface area contributed by atoms with E-state index in [1.807, 2.05) is 32.0 Å². The van der Waals surface area contributed by atoms with Gasteiger partial charge in [0.15, 0.2) is 11.5 Å². The van der Waals surface area contributed by atoms with Gasteiger partial charge in [0.2, 0.25) is 0 Å². The number of fused-ring (bicyclic) bond motifs is 1. The van der Waals surface area contributed by atoms with Crippen LogP contribution in [0.2, 0.25) is 0 Å². The van der Waals surface area contributed by atoms with E-state index in [9.17, 15) is 14.9 Å². The average molecular weight is 371 g/mol. The molecule has 27 heavy (non-hydrogen) atoms. The Balaban J connectivity index is 1.76. The lowest BCUT2D eigenvalue weighted by atomic mass is 10.1. The minimum absolute atomic E-state index is 0.0513. The van der Waals surface area contributed by atoms with Crippen LogP contribution in [0.5, 0.6) is 11.5 Å². The van der Waals surface area contributed by atoms with Gasteiger partial charge in [-0.25, -0.2) is 0 Å². The van der Waals surface area contributed by atoms with Gasteiger partial charge in [-0.3, -0.25) is 14.9 Å². The SMILES string of the molecule is CC(C)NC(=O)c1ccc(NCc2ccc3c(c2)OCCO3)c([N+](=O)[O-])c1. The lowest BCUT2D eigenvalue weighted by Gasteiger charge is -2.19. The van der Waals surface area contributed by atoms with E-state index in [0.717, 1.165) is 5.56 Å². The van der Waals surface area contributed by atoms with Crippen LogP contribution in [0.15, 0.2) is 36.4 Å². The molecule has 0 bridgehead atoms. The molecule has 0 fully saturated rings. The molecule has 142 valence electrons.